The number of piperazine rings is 1. The highest BCUT2D eigenvalue weighted by molar-refractivity contribution is 5.92. The third kappa shape index (κ3) is 4.54. The third-order valence-corrected chi connectivity index (χ3v) is 6.79. The van der Waals surface area contributed by atoms with Gasteiger partial charge in [0.05, 0.1) is 5.52 Å². The van der Waals surface area contributed by atoms with Crippen LogP contribution in [-0.2, 0) is 0 Å². The molecule has 2 fully saturated rings. The first-order valence-corrected chi connectivity index (χ1v) is 12.2. The summed E-state index contributed by atoms with van der Waals surface area (Å²) in [5, 5.41) is 7.97. The van der Waals surface area contributed by atoms with Crippen molar-refractivity contribution in [2.75, 3.05) is 48.8 Å². The topological polar surface area (TPSA) is 56.3 Å². The van der Waals surface area contributed by atoms with Gasteiger partial charge in [-0.3, -0.25) is 0 Å². The molecule has 0 radical (unpaired) electrons. The van der Waals surface area contributed by atoms with Crippen molar-refractivity contribution in [1.29, 1.82) is 0 Å². The van der Waals surface area contributed by atoms with E-state index in [1.165, 1.54) is 24.1 Å². The lowest BCUT2D eigenvalue weighted by molar-refractivity contribution is 0.313. The Morgan fingerprint density at radius 3 is 2.35 bits per heavy atom. The van der Waals surface area contributed by atoms with Crippen LogP contribution in [0.5, 0.6) is 0 Å². The Hall–Kier alpha value is -3.64. The summed E-state index contributed by atoms with van der Waals surface area (Å²) < 4.78 is 0. The standard InChI is InChI=1S/C28H30N6/c1-33-15-17-34(18-16-33)24-13-11-22(12-14-24)30-28-31-26-8-3-2-7-25(26)27(32-28)29-23-6-4-5-21(19-23)20-9-10-20/h2-8,11-14,19-20H,9-10,15-18H2,1H3,(H2,29,30,31,32). The van der Waals surface area contributed by atoms with Crippen LogP contribution >= 0.6 is 0 Å². The second kappa shape index (κ2) is 8.95. The number of nitrogens with one attached hydrogen (secondary N) is 2. The maximum absolute atomic E-state index is 4.85. The summed E-state index contributed by atoms with van der Waals surface area (Å²) in [6, 6.07) is 25.4. The van der Waals surface area contributed by atoms with Gasteiger partial charge >= 0.3 is 0 Å². The van der Waals surface area contributed by atoms with Crippen LogP contribution in [0.3, 0.4) is 0 Å². The first kappa shape index (κ1) is 20.9. The monoisotopic (exact) mass is 450 g/mol. The zero-order chi connectivity index (χ0) is 22.9. The molecule has 0 amide bonds. The molecular weight excluding hydrogens is 420 g/mol. The lowest BCUT2D eigenvalue weighted by Crippen LogP contribution is -2.44. The van der Waals surface area contributed by atoms with E-state index < -0.39 is 0 Å². The number of para-hydroxylation sites is 1. The molecule has 1 aromatic heterocycles. The molecule has 0 atom stereocenters. The van der Waals surface area contributed by atoms with Gasteiger partial charge in [0.2, 0.25) is 5.95 Å². The van der Waals surface area contributed by atoms with E-state index in [1.807, 2.05) is 18.2 Å². The molecule has 3 aromatic carbocycles. The Bertz CT molecular complexity index is 1290. The van der Waals surface area contributed by atoms with Crippen molar-refractivity contribution < 1.29 is 0 Å². The highest BCUT2D eigenvalue weighted by Gasteiger charge is 2.23. The molecule has 1 aliphatic heterocycles. The average molecular weight is 451 g/mol. The maximum Gasteiger partial charge on any atom is 0.229 e. The third-order valence-electron chi connectivity index (χ3n) is 6.79. The van der Waals surface area contributed by atoms with Gasteiger partial charge in [-0.2, -0.15) is 4.98 Å². The molecule has 6 rings (SSSR count). The molecule has 1 saturated carbocycles. The van der Waals surface area contributed by atoms with E-state index >= 15 is 0 Å². The molecule has 2 N–H and O–H groups in total. The molecule has 6 nitrogen and oxygen atoms in total. The summed E-state index contributed by atoms with van der Waals surface area (Å²) in [5.41, 5.74) is 5.62. The van der Waals surface area contributed by atoms with Crippen molar-refractivity contribution in [3.63, 3.8) is 0 Å². The minimum atomic E-state index is 0.590. The van der Waals surface area contributed by atoms with Crippen molar-refractivity contribution in [3.05, 3.63) is 78.4 Å². The van der Waals surface area contributed by atoms with Gasteiger partial charge in [0.15, 0.2) is 0 Å². The molecule has 0 bridgehead atoms. The van der Waals surface area contributed by atoms with Crippen LogP contribution in [0.25, 0.3) is 10.9 Å². The van der Waals surface area contributed by atoms with E-state index in [9.17, 15) is 0 Å². The van der Waals surface area contributed by atoms with Gasteiger partial charge in [-0.1, -0.05) is 24.3 Å². The Labute approximate surface area is 200 Å². The molecule has 4 aromatic rings. The summed E-state index contributed by atoms with van der Waals surface area (Å²) in [4.78, 5) is 14.4. The van der Waals surface area contributed by atoms with Crippen LogP contribution in [0.15, 0.2) is 72.8 Å². The van der Waals surface area contributed by atoms with Gasteiger partial charge < -0.3 is 20.4 Å². The van der Waals surface area contributed by atoms with Gasteiger partial charge in [-0.15, -0.1) is 0 Å². The number of likely N-dealkylation sites (N-methyl/N-ethyl adjacent to an activating group) is 1. The van der Waals surface area contributed by atoms with Gasteiger partial charge in [0, 0.05) is 48.6 Å². The Morgan fingerprint density at radius 2 is 1.56 bits per heavy atom. The lowest BCUT2D eigenvalue weighted by atomic mass is 10.1. The zero-order valence-electron chi connectivity index (χ0n) is 19.5. The predicted octanol–water partition coefficient (Wildman–Crippen LogP) is 5.75. The van der Waals surface area contributed by atoms with Crippen LogP contribution in [0.4, 0.5) is 28.8 Å². The minimum Gasteiger partial charge on any atom is -0.369 e. The van der Waals surface area contributed by atoms with Crippen LogP contribution in [0.1, 0.15) is 24.3 Å². The van der Waals surface area contributed by atoms with Gasteiger partial charge in [0.1, 0.15) is 5.82 Å². The van der Waals surface area contributed by atoms with Crippen LogP contribution in [-0.4, -0.2) is 48.1 Å². The molecule has 172 valence electrons. The fraction of sp³-hybridized carbons (Fsp3) is 0.286. The lowest BCUT2D eigenvalue weighted by Gasteiger charge is -2.34. The van der Waals surface area contributed by atoms with Crippen molar-refractivity contribution in [2.45, 2.75) is 18.8 Å². The molecule has 1 aliphatic carbocycles. The molecule has 2 heterocycles. The Balaban J connectivity index is 1.25. The molecule has 0 spiro atoms. The van der Waals surface area contributed by atoms with Gasteiger partial charge in [-0.05, 0) is 79.9 Å². The highest BCUT2D eigenvalue weighted by atomic mass is 15.2. The SMILES string of the molecule is CN1CCN(c2ccc(Nc3nc(Nc4cccc(C5CC5)c4)c4ccccc4n3)cc2)CC1. The summed E-state index contributed by atoms with van der Waals surface area (Å²) in [6.07, 6.45) is 2.59. The predicted molar refractivity (Wildman–Crippen MR) is 141 cm³/mol. The van der Waals surface area contributed by atoms with Crippen molar-refractivity contribution in [1.82, 2.24) is 14.9 Å². The van der Waals surface area contributed by atoms with E-state index in [4.69, 9.17) is 9.97 Å². The quantitative estimate of drug-likeness (QED) is 0.390. The summed E-state index contributed by atoms with van der Waals surface area (Å²) in [7, 11) is 2.18. The Kier molecular flexibility index (Phi) is 5.51. The van der Waals surface area contributed by atoms with E-state index in [0.29, 0.717) is 5.95 Å². The largest absolute Gasteiger partial charge is 0.369 e. The molecular formula is C28H30N6. The summed E-state index contributed by atoms with van der Waals surface area (Å²) in [5.74, 6) is 2.12. The fourth-order valence-electron chi connectivity index (χ4n) is 4.60. The highest BCUT2D eigenvalue weighted by Crippen LogP contribution is 2.41. The van der Waals surface area contributed by atoms with E-state index in [2.05, 4.69) is 82.1 Å². The van der Waals surface area contributed by atoms with Crippen molar-refractivity contribution in [3.8, 4) is 0 Å². The first-order chi connectivity index (χ1) is 16.7. The number of hydrogen-bond donors (Lipinski definition) is 2. The van der Waals surface area contributed by atoms with Gasteiger partial charge in [0.25, 0.3) is 0 Å². The van der Waals surface area contributed by atoms with E-state index in [1.54, 1.807) is 0 Å². The number of hydrogen-bond acceptors (Lipinski definition) is 6. The van der Waals surface area contributed by atoms with E-state index in [0.717, 1.165) is 60.2 Å². The molecule has 2 aliphatic rings. The second-order valence-electron chi connectivity index (χ2n) is 9.40. The van der Waals surface area contributed by atoms with Crippen molar-refractivity contribution in [2.24, 2.45) is 0 Å². The smallest absolute Gasteiger partial charge is 0.229 e. The normalized spacial score (nSPS) is 16.6. The number of aromatic nitrogens is 2. The molecule has 6 heteroatoms. The maximum atomic E-state index is 4.85. The summed E-state index contributed by atoms with van der Waals surface area (Å²) >= 11 is 0. The molecule has 0 unspecified atom stereocenters. The zero-order valence-corrected chi connectivity index (χ0v) is 19.5. The number of fused-ring (bicyclic) bond motifs is 1. The second-order valence-corrected chi connectivity index (χ2v) is 9.40. The van der Waals surface area contributed by atoms with Crippen LogP contribution < -0.4 is 15.5 Å². The number of anilines is 5. The molecule has 1 saturated heterocycles. The number of nitrogens with zero attached hydrogens (tertiary/aromatic N) is 4. The molecule has 34 heavy (non-hydrogen) atoms. The summed E-state index contributed by atoms with van der Waals surface area (Å²) in [6.45, 7) is 4.33. The van der Waals surface area contributed by atoms with Crippen LogP contribution in [0, 0.1) is 0 Å². The fourth-order valence-corrected chi connectivity index (χ4v) is 4.60. The minimum absolute atomic E-state index is 0.590. The first-order valence-electron chi connectivity index (χ1n) is 12.2. The average Bonchev–Trinajstić information content (AvgIpc) is 3.71. The van der Waals surface area contributed by atoms with Gasteiger partial charge in [-0.25, -0.2) is 4.98 Å². The number of benzene rings is 3. The number of rotatable bonds is 6. The van der Waals surface area contributed by atoms with Crippen LogP contribution in [0.2, 0.25) is 0 Å². The Morgan fingerprint density at radius 1 is 0.765 bits per heavy atom. The van der Waals surface area contributed by atoms with Crippen molar-refractivity contribution >= 4 is 39.7 Å². The van der Waals surface area contributed by atoms with E-state index in [-0.39, 0.29) is 0 Å².